The van der Waals surface area contributed by atoms with Crippen molar-refractivity contribution < 1.29 is 9.59 Å². The van der Waals surface area contributed by atoms with Gasteiger partial charge in [-0.05, 0) is 20.8 Å². The van der Waals surface area contributed by atoms with E-state index in [0.29, 0.717) is 26.1 Å². The third kappa shape index (κ3) is 2.95. The molecule has 0 spiro atoms. The van der Waals surface area contributed by atoms with E-state index in [1.807, 2.05) is 20.8 Å². The predicted molar refractivity (Wildman–Crippen MR) is 61.6 cm³/mol. The SMILES string of the molecule is CCN1CC(C(=O)NC(C)(C)CN)CC1=O. The Morgan fingerprint density at radius 3 is 2.69 bits per heavy atom. The van der Waals surface area contributed by atoms with Gasteiger partial charge in [0.1, 0.15) is 0 Å². The van der Waals surface area contributed by atoms with Crippen molar-refractivity contribution in [2.45, 2.75) is 32.7 Å². The Balaban J connectivity index is 2.54. The molecule has 1 fully saturated rings. The highest BCUT2D eigenvalue weighted by Crippen LogP contribution is 2.18. The molecule has 0 aromatic rings. The lowest BCUT2D eigenvalue weighted by Crippen LogP contribution is -2.51. The van der Waals surface area contributed by atoms with Gasteiger partial charge < -0.3 is 16.0 Å². The van der Waals surface area contributed by atoms with Crippen molar-refractivity contribution in [3.63, 3.8) is 0 Å². The molecule has 1 rings (SSSR count). The van der Waals surface area contributed by atoms with Gasteiger partial charge in [0.25, 0.3) is 0 Å². The lowest BCUT2D eigenvalue weighted by atomic mass is 10.0. The van der Waals surface area contributed by atoms with Crippen LogP contribution in [0.4, 0.5) is 0 Å². The highest BCUT2D eigenvalue weighted by molar-refractivity contribution is 5.89. The van der Waals surface area contributed by atoms with Crippen molar-refractivity contribution >= 4 is 11.8 Å². The van der Waals surface area contributed by atoms with Crippen LogP contribution in [0.5, 0.6) is 0 Å². The summed E-state index contributed by atoms with van der Waals surface area (Å²) in [7, 11) is 0. The molecule has 1 heterocycles. The number of hydrogen-bond acceptors (Lipinski definition) is 3. The Morgan fingerprint density at radius 2 is 2.25 bits per heavy atom. The Kier molecular flexibility index (Phi) is 3.91. The van der Waals surface area contributed by atoms with Crippen molar-refractivity contribution in [3.05, 3.63) is 0 Å². The molecule has 0 aromatic carbocycles. The van der Waals surface area contributed by atoms with Gasteiger partial charge in [0.15, 0.2) is 0 Å². The van der Waals surface area contributed by atoms with Gasteiger partial charge in [-0.25, -0.2) is 0 Å². The van der Waals surface area contributed by atoms with Gasteiger partial charge in [0, 0.05) is 31.6 Å². The average Bonchev–Trinajstić information content (AvgIpc) is 2.59. The average molecular weight is 227 g/mol. The topological polar surface area (TPSA) is 75.4 Å². The third-order valence-corrected chi connectivity index (χ3v) is 2.94. The van der Waals surface area contributed by atoms with Crippen LogP contribution in [0, 0.1) is 5.92 Å². The first-order valence-corrected chi connectivity index (χ1v) is 5.69. The van der Waals surface area contributed by atoms with Gasteiger partial charge in [0.2, 0.25) is 11.8 Å². The van der Waals surface area contributed by atoms with Crippen LogP contribution in [0.25, 0.3) is 0 Å². The summed E-state index contributed by atoms with van der Waals surface area (Å²) in [6, 6.07) is 0. The number of amides is 2. The quantitative estimate of drug-likeness (QED) is 0.693. The summed E-state index contributed by atoms with van der Waals surface area (Å²) >= 11 is 0. The minimum Gasteiger partial charge on any atom is -0.350 e. The minimum atomic E-state index is -0.403. The van der Waals surface area contributed by atoms with Crippen molar-refractivity contribution in [2.75, 3.05) is 19.6 Å². The van der Waals surface area contributed by atoms with E-state index in [4.69, 9.17) is 5.73 Å². The minimum absolute atomic E-state index is 0.0632. The Bertz CT molecular complexity index is 289. The van der Waals surface area contributed by atoms with Crippen molar-refractivity contribution in [2.24, 2.45) is 11.7 Å². The van der Waals surface area contributed by atoms with Crippen LogP contribution in [0.1, 0.15) is 27.2 Å². The van der Waals surface area contributed by atoms with Crippen LogP contribution in [0.15, 0.2) is 0 Å². The van der Waals surface area contributed by atoms with Gasteiger partial charge in [-0.2, -0.15) is 0 Å². The van der Waals surface area contributed by atoms with E-state index in [0.717, 1.165) is 0 Å². The molecule has 0 bridgehead atoms. The van der Waals surface area contributed by atoms with E-state index in [9.17, 15) is 9.59 Å². The van der Waals surface area contributed by atoms with E-state index < -0.39 is 5.54 Å². The molecule has 3 N–H and O–H groups in total. The van der Waals surface area contributed by atoms with Crippen LogP contribution < -0.4 is 11.1 Å². The third-order valence-electron chi connectivity index (χ3n) is 2.94. The zero-order valence-corrected chi connectivity index (χ0v) is 10.2. The number of likely N-dealkylation sites (tertiary alicyclic amines) is 1. The van der Waals surface area contributed by atoms with Crippen LogP contribution in [-0.2, 0) is 9.59 Å². The molecule has 1 atom stereocenters. The molecule has 5 heteroatoms. The standard InChI is InChI=1S/C11H21N3O2/c1-4-14-6-8(5-9(14)15)10(16)13-11(2,3)7-12/h8H,4-7,12H2,1-3H3,(H,13,16). The highest BCUT2D eigenvalue weighted by atomic mass is 16.2. The van der Waals surface area contributed by atoms with Gasteiger partial charge in [-0.3, -0.25) is 9.59 Å². The largest absolute Gasteiger partial charge is 0.350 e. The second kappa shape index (κ2) is 4.82. The molecular weight excluding hydrogens is 206 g/mol. The smallest absolute Gasteiger partial charge is 0.225 e. The summed E-state index contributed by atoms with van der Waals surface area (Å²) < 4.78 is 0. The van der Waals surface area contributed by atoms with E-state index in [-0.39, 0.29) is 17.7 Å². The summed E-state index contributed by atoms with van der Waals surface area (Å²) in [5.41, 5.74) is 5.14. The molecule has 1 aliphatic heterocycles. The van der Waals surface area contributed by atoms with Gasteiger partial charge in [-0.15, -0.1) is 0 Å². The van der Waals surface area contributed by atoms with E-state index in [1.165, 1.54) is 0 Å². The number of rotatable bonds is 4. The molecule has 0 aliphatic carbocycles. The van der Waals surface area contributed by atoms with E-state index in [1.54, 1.807) is 4.90 Å². The summed E-state index contributed by atoms with van der Waals surface area (Å²) in [6.07, 6.45) is 0.320. The van der Waals surface area contributed by atoms with Gasteiger partial charge >= 0.3 is 0 Å². The molecule has 92 valence electrons. The molecular formula is C11H21N3O2. The zero-order chi connectivity index (χ0) is 12.3. The normalized spacial score (nSPS) is 21.4. The summed E-state index contributed by atoms with van der Waals surface area (Å²) in [5, 5.41) is 2.87. The first kappa shape index (κ1) is 13.0. The second-order valence-electron chi connectivity index (χ2n) is 4.91. The number of nitrogens with two attached hydrogens (primary N) is 1. The Hall–Kier alpha value is -1.10. The van der Waals surface area contributed by atoms with Gasteiger partial charge in [-0.1, -0.05) is 0 Å². The molecule has 16 heavy (non-hydrogen) atoms. The fourth-order valence-corrected chi connectivity index (χ4v) is 1.74. The summed E-state index contributed by atoms with van der Waals surface area (Å²) in [6.45, 7) is 7.25. The maximum absolute atomic E-state index is 11.9. The fourth-order valence-electron chi connectivity index (χ4n) is 1.74. The highest BCUT2D eigenvalue weighted by Gasteiger charge is 2.34. The Morgan fingerprint density at radius 1 is 1.62 bits per heavy atom. The number of hydrogen-bond donors (Lipinski definition) is 2. The second-order valence-corrected chi connectivity index (χ2v) is 4.91. The monoisotopic (exact) mass is 227 g/mol. The van der Waals surface area contributed by atoms with Crippen LogP contribution >= 0.6 is 0 Å². The first-order valence-electron chi connectivity index (χ1n) is 5.69. The number of carbonyl (C=O) groups excluding carboxylic acids is 2. The maximum atomic E-state index is 11.9. The molecule has 0 saturated carbocycles. The molecule has 2 amide bonds. The zero-order valence-electron chi connectivity index (χ0n) is 10.2. The van der Waals surface area contributed by atoms with Crippen molar-refractivity contribution in [1.29, 1.82) is 0 Å². The number of nitrogens with zero attached hydrogens (tertiary/aromatic N) is 1. The van der Waals surface area contributed by atoms with Gasteiger partial charge in [0.05, 0.1) is 5.92 Å². The maximum Gasteiger partial charge on any atom is 0.225 e. The van der Waals surface area contributed by atoms with E-state index in [2.05, 4.69) is 5.32 Å². The van der Waals surface area contributed by atoms with Crippen LogP contribution in [0.3, 0.4) is 0 Å². The number of carbonyl (C=O) groups is 2. The fraction of sp³-hybridized carbons (Fsp3) is 0.818. The van der Waals surface area contributed by atoms with Crippen molar-refractivity contribution in [1.82, 2.24) is 10.2 Å². The van der Waals surface area contributed by atoms with Crippen LogP contribution in [-0.4, -0.2) is 41.9 Å². The van der Waals surface area contributed by atoms with E-state index >= 15 is 0 Å². The molecule has 1 saturated heterocycles. The van der Waals surface area contributed by atoms with Crippen molar-refractivity contribution in [3.8, 4) is 0 Å². The molecule has 0 aromatic heterocycles. The molecule has 5 nitrogen and oxygen atoms in total. The molecule has 1 aliphatic rings. The summed E-state index contributed by atoms with van der Waals surface area (Å²) in [5.74, 6) is -0.230. The predicted octanol–water partition coefficient (Wildman–Crippen LogP) is -0.292. The molecule has 0 radical (unpaired) electrons. The Labute approximate surface area is 96.4 Å². The summed E-state index contributed by atoms with van der Waals surface area (Å²) in [4.78, 5) is 25.1. The lowest BCUT2D eigenvalue weighted by Gasteiger charge is -2.26. The first-order chi connectivity index (χ1) is 7.39. The van der Waals surface area contributed by atoms with Crippen LogP contribution in [0.2, 0.25) is 0 Å². The number of nitrogens with one attached hydrogen (secondary N) is 1. The lowest BCUT2D eigenvalue weighted by molar-refractivity contribution is -0.129. The molecule has 1 unspecified atom stereocenters.